The van der Waals surface area contributed by atoms with Crippen LogP contribution in [0.3, 0.4) is 0 Å². The summed E-state index contributed by atoms with van der Waals surface area (Å²) in [4.78, 5) is 22.8. The average molecular weight is 775 g/mol. The number of thiazole rings is 1. The Bertz CT molecular complexity index is 3220. The molecule has 1 aliphatic heterocycles. The zero-order valence-corrected chi connectivity index (χ0v) is 32.5. The number of fused-ring (bicyclic) bond motifs is 7. The average Bonchev–Trinajstić information content (AvgIpc) is 3.98. The van der Waals surface area contributed by atoms with Gasteiger partial charge in [0.1, 0.15) is 5.01 Å². The molecule has 0 spiro atoms. The lowest BCUT2D eigenvalue weighted by Gasteiger charge is -2.29. The lowest BCUT2D eigenvalue weighted by atomic mass is 9.86. The van der Waals surface area contributed by atoms with Crippen molar-refractivity contribution in [1.82, 2.24) is 24.5 Å². The summed E-state index contributed by atoms with van der Waals surface area (Å²) in [6.45, 7) is 0. The van der Waals surface area contributed by atoms with Gasteiger partial charge in [-0.2, -0.15) is 9.97 Å². The van der Waals surface area contributed by atoms with E-state index in [9.17, 15) is 0 Å². The van der Waals surface area contributed by atoms with Crippen molar-refractivity contribution in [2.75, 3.05) is 4.90 Å². The predicted octanol–water partition coefficient (Wildman–Crippen LogP) is 12.8. The van der Waals surface area contributed by atoms with Crippen LogP contribution in [0.15, 0.2) is 194 Å². The number of aromatic nitrogens is 5. The van der Waals surface area contributed by atoms with Crippen molar-refractivity contribution < 1.29 is 0 Å². The maximum absolute atomic E-state index is 5.13. The second kappa shape index (κ2) is 13.6. The summed E-state index contributed by atoms with van der Waals surface area (Å²) >= 11 is 1.77. The van der Waals surface area contributed by atoms with Crippen molar-refractivity contribution in [1.29, 1.82) is 0 Å². The molecule has 0 saturated carbocycles. The van der Waals surface area contributed by atoms with Gasteiger partial charge in [0.15, 0.2) is 11.6 Å². The van der Waals surface area contributed by atoms with E-state index in [4.69, 9.17) is 19.9 Å². The first kappa shape index (κ1) is 33.6. The first-order valence-electron chi connectivity index (χ1n) is 19.9. The molecule has 0 N–H and O–H groups in total. The normalized spacial score (nSPS) is 15.8. The van der Waals surface area contributed by atoms with Crippen molar-refractivity contribution in [3.8, 4) is 39.3 Å². The number of hydrogen-bond acceptors (Lipinski definition) is 6. The molecule has 2 aliphatic rings. The van der Waals surface area contributed by atoms with Gasteiger partial charge in [-0.3, -0.25) is 4.57 Å². The Labute approximate surface area is 344 Å². The van der Waals surface area contributed by atoms with E-state index < -0.39 is 0 Å². The quantitative estimate of drug-likeness (QED) is 0.168. The minimum Gasteiger partial charge on any atom is -0.333 e. The number of benzene rings is 7. The van der Waals surface area contributed by atoms with Crippen LogP contribution in [-0.2, 0) is 0 Å². The zero-order valence-electron chi connectivity index (χ0n) is 31.7. The molecule has 4 heterocycles. The lowest BCUT2D eigenvalue weighted by Crippen LogP contribution is -2.28. The first-order chi connectivity index (χ1) is 29.2. The van der Waals surface area contributed by atoms with Gasteiger partial charge >= 0.3 is 0 Å². The molecular weight excluding hydrogens is 741 g/mol. The Morgan fingerprint density at radius 3 is 1.85 bits per heavy atom. The Morgan fingerprint density at radius 2 is 1.14 bits per heavy atom. The summed E-state index contributed by atoms with van der Waals surface area (Å²) in [7, 11) is 0. The SMILES string of the molecule is C1=CC2C(C=C1c1ccc3c(c1)c1ccccc1n3-c1nc(-c3ccccc3)nc(-c3ccccc3)n1)c1cc3sc(-c4ccccc4)nc3cc1N2c1ccccc1. The number of anilines is 2. The summed E-state index contributed by atoms with van der Waals surface area (Å²) < 4.78 is 3.39. The molecule has 1 aliphatic carbocycles. The third-order valence-electron chi connectivity index (χ3n) is 11.6. The van der Waals surface area contributed by atoms with Crippen LogP contribution >= 0.6 is 11.3 Å². The molecule has 59 heavy (non-hydrogen) atoms. The van der Waals surface area contributed by atoms with Crippen LogP contribution in [0.25, 0.3) is 76.9 Å². The standard InChI is InChI=1S/C52H34N6S/c1-5-15-33(16-6-1)49-54-50(34-17-7-2-8-18-34)56-52(55-49)58-44-24-14-13-23-39(44)40-29-36(26-28-46(40)58)37-25-27-45-41(30-37)42-31-48-43(53-51(59-48)35-19-9-3-10-20-35)32-47(42)57(45)38-21-11-4-12-22-38/h1-32,41,45H. The van der Waals surface area contributed by atoms with E-state index >= 15 is 0 Å². The summed E-state index contributed by atoms with van der Waals surface area (Å²) in [5, 5.41) is 3.34. The van der Waals surface area contributed by atoms with Gasteiger partial charge in [-0.25, -0.2) is 9.97 Å². The van der Waals surface area contributed by atoms with E-state index in [1.807, 2.05) is 60.7 Å². The van der Waals surface area contributed by atoms with Crippen molar-refractivity contribution in [3.63, 3.8) is 0 Å². The molecule has 0 amide bonds. The molecule has 278 valence electrons. The van der Waals surface area contributed by atoms with Crippen LogP contribution in [0.5, 0.6) is 0 Å². The molecule has 6 nitrogen and oxygen atoms in total. The van der Waals surface area contributed by atoms with Crippen molar-refractivity contribution in [2.24, 2.45) is 0 Å². The minimum absolute atomic E-state index is 0.147. The predicted molar refractivity (Wildman–Crippen MR) is 242 cm³/mol. The molecule has 0 saturated heterocycles. The van der Waals surface area contributed by atoms with Crippen molar-refractivity contribution >= 4 is 60.3 Å². The molecule has 0 radical (unpaired) electrons. The molecule has 10 aromatic rings. The van der Waals surface area contributed by atoms with Crippen LogP contribution in [-0.4, -0.2) is 30.5 Å². The van der Waals surface area contributed by atoms with Crippen molar-refractivity contribution in [3.05, 3.63) is 205 Å². The van der Waals surface area contributed by atoms with E-state index in [2.05, 4.69) is 143 Å². The van der Waals surface area contributed by atoms with E-state index in [-0.39, 0.29) is 12.0 Å². The summed E-state index contributed by atoms with van der Waals surface area (Å²) in [5.41, 5.74) is 12.3. The maximum atomic E-state index is 5.13. The third-order valence-corrected chi connectivity index (χ3v) is 12.7. The van der Waals surface area contributed by atoms with Crippen LogP contribution in [0.4, 0.5) is 11.4 Å². The molecule has 7 heteroatoms. The molecule has 2 unspecified atom stereocenters. The van der Waals surface area contributed by atoms with Crippen molar-refractivity contribution in [2.45, 2.75) is 12.0 Å². The third kappa shape index (κ3) is 5.62. The van der Waals surface area contributed by atoms with E-state index in [1.54, 1.807) is 11.3 Å². The molecule has 2 atom stereocenters. The summed E-state index contributed by atoms with van der Waals surface area (Å²) in [6, 6.07) is 61.7. The molecule has 7 aromatic carbocycles. The van der Waals surface area contributed by atoms with Crippen LogP contribution in [0, 0.1) is 0 Å². The first-order valence-corrected chi connectivity index (χ1v) is 20.7. The zero-order chi connectivity index (χ0) is 38.9. The van der Waals surface area contributed by atoms with Gasteiger partial charge in [0.2, 0.25) is 5.95 Å². The lowest BCUT2D eigenvalue weighted by molar-refractivity contribution is 0.747. The summed E-state index contributed by atoms with van der Waals surface area (Å²) in [6.07, 6.45) is 7.17. The monoisotopic (exact) mass is 774 g/mol. The van der Waals surface area contributed by atoms with E-state index in [0.717, 1.165) is 49.0 Å². The molecule has 0 fully saturated rings. The highest BCUT2D eigenvalue weighted by Crippen LogP contribution is 2.51. The second-order valence-corrected chi connectivity index (χ2v) is 16.1. The number of para-hydroxylation sites is 2. The minimum atomic E-state index is 0.147. The molecule has 12 rings (SSSR count). The highest BCUT2D eigenvalue weighted by atomic mass is 32.1. The van der Waals surface area contributed by atoms with Crippen LogP contribution in [0.2, 0.25) is 0 Å². The smallest absolute Gasteiger partial charge is 0.238 e. The van der Waals surface area contributed by atoms with Gasteiger partial charge in [-0.05, 0) is 59.2 Å². The van der Waals surface area contributed by atoms with Gasteiger partial charge in [-0.1, -0.05) is 152 Å². The van der Waals surface area contributed by atoms with E-state index in [0.29, 0.717) is 17.6 Å². The van der Waals surface area contributed by atoms with E-state index in [1.165, 1.54) is 32.8 Å². The summed E-state index contributed by atoms with van der Waals surface area (Å²) in [5.74, 6) is 2.02. The van der Waals surface area contributed by atoms with Crippen LogP contribution < -0.4 is 4.90 Å². The Morgan fingerprint density at radius 1 is 0.508 bits per heavy atom. The van der Waals surface area contributed by atoms with Gasteiger partial charge in [0.05, 0.1) is 27.3 Å². The number of hydrogen-bond donors (Lipinski definition) is 0. The van der Waals surface area contributed by atoms with Gasteiger partial charge < -0.3 is 4.90 Å². The molecule has 3 aromatic heterocycles. The Balaban J connectivity index is 0.993. The van der Waals surface area contributed by atoms with Gasteiger partial charge in [0, 0.05) is 44.8 Å². The highest BCUT2D eigenvalue weighted by molar-refractivity contribution is 7.21. The topological polar surface area (TPSA) is 59.7 Å². The largest absolute Gasteiger partial charge is 0.333 e. The number of allylic oxidation sites excluding steroid dienone is 2. The number of rotatable bonds is 6. The maximum Gasteiger partial charge on any atom is 0.238 e. The second-order valence-electron chi connectivity index (χ2n) is 15.1. The van der Waals surface area contributed by atoms with Crippen LogP contribution in [0.1, 0.15) is 17.0 Å². The fourth-order valence-corrected chi connectivity index (χ4v) is 9.87. The molecular formula is C52H34N6S. The fraction of sp³-hybridized carbons (Fsp3) is 0.0385. The Kier molecular flexibility index (Phi) is 7.74. The fourth-order valence-electron chi connectivity index (χ4n) is 8.87. The number of nitrogens with zero attached hydrogens (tertiary/aromatic N) is 6. The van der Waals surface area contributed by atoms with Gasteiger partial charge in [-0.15, -0.1) is 11.3 Å². The molecule has 0 bridgehead atoms. The highest BCUT2D eigenvalue weighted by Gasteiger charge is 2.39. The Hall–Kier alpha value is -7.48. The van der Waals surface area contributed by atoms with Gasteiger partial charge in [0.25, 0.3) is 0 Å².